The number of aromatic nitrogens is 2. The Kier molecular flexibility index (Phi) is 5.76. The van der Waals surface area contributed by atoms with Gasteiger partial charge in [-0.25, -0.2) is 9.36 Å². The Morgan fingerprint density at radius 1 is 0.875 bits per heavy atom. The number of anilines is 1. The standard InChI is InChI=1S/C24H21N3O5/c1-31-20-13-12-16(14-21(20)32-2)25-22(28)15-26-19-11-7-6-10-18(19)23(29)27(24(26)30)17-8-4-3-5-9-17/h3-14H,15H2,1-2H3,(H,25,28). The van der Waals surface area contributed by atoms with Crippen molar-refractivity contribution in [2.75, 3.05) is 19.5 Å². The first kappa shape index (κ1) is 20.9. The van der Waals surface area contributed by atoms with Crippen molar-refractivity contribution in [3.8, 4) is 17.2 Å². The van der Waals surface area contributed by atoms with Gasteiger partial charge in [0, 0.05) is 11.8 Å². The maximum atomic E-state index is 13.3. The summed E-state index contributed by atoms with van der Waals surface area (Å²) in [6.45, 7) is -0.277. The number of nitrogens with one attached hydrogen (secondary N) is 1. The average molecular weight is 431 g/mol. The lowest BCUT2D eigenvalue weighted by Crippen LogP contribution is -2.40. The number of hydrogen-bond donors (Lipinski definition) is 1. The summed E-state index contributed by atoms with van der Waals surface area (Å²) in [5.74, 6) is 0.566. The van der Waals surface area contributed by atoms with Crippen molar-refractivity contribution in [2.24, 2.45) is 0 Å². The monoisotopic (exact) mass is 431 g/mol. The van der Waals surface area contributed by atoms with Gasteiger partial charge >= 0.3 is 5.69 Å². The van der Waals surface area contributed by atoms with Crippen LogP contribution in [0.3, 0.4) is 0 Å². The van der Waals surface area contributed by atoms with E-state index in [4.69, 9.17) is 9.47 Å². The first-order valence-electron chi connectivity index (χ1n) is 9.85. The minimum absolute atomic E-state index is 0.277. The van der Waals surface area contributed by atoms with E-state index < -0.39 is 17.2 Å². The van der Waals surface area contributed by atoms with Gasteiger partial charge < -0.3 is 14.8 Å². The highest BCUT2D eigenvalue weighted by Crippen LogP contribution is 2.29. The lowest BCUT2D eigenvalue weighted by Gasteiger charge is -2.15. The number of para-hydroxylation sites is 2. The van der Waals surface area contributed by atoms with Crippen LogP contribution >= 0.6 is 0 Å². The summed E-state index contributed by atoms with van der Waals surface area (Å²) in [5.41, 5.74) is 0.275. The number of methoxy groups -OCH3 is 2. The molecule has 162 valence electrons. The van der Waals surface area contributed by atoms with Gasteiger partial charge in [-0.3, -0.25) is 14.2 Å². The molecule has 0 bridgehead atoms. The molecule has 0 radical (unpaired) electrons. The lowest BCUT2D eigenvalue weighted by atomic mass is 10.2. The van der Waals surface area contributed by atoms with E-state index in [-0.39, 0.29) is 6.54 Å². The summed E-state index contributed by atoms with van der Waals surface area (Å²) in [6.07, 6.45) is 0. The molecule has 4 aromatic rings. The van der Waals surface area contributed by atoms with Gasteiger partial charge in [-0.15, -0.1) is 0 Å². The van der Waals surface area contributed by atoms with Crippen molar-refractivity contribution in [1.29, 1.82) is 0 Å². The van der Waals surface area contributed by atoms with Crippen LogP contribution in [0.1, 0.15) is 0 Å². The summed E-state index contributed by atoms with van der Waals surface area (Å²) < 4.78 is 12.8. The van der Waals surface area contributed by atoms with Crippen molar-refractivity contribution in [3.63, 3.8) is 0 Å². The smallest absolute Gasteiger partial charge is 0.336 e. The van der Waals surface area contributed by atoms with Crippen LogP contribution in [0.4, 0.5) is 5.69 Å². The molecule has 0 aliphatic carbocycles. The quantitative estimate of drug-likeness (QED) is 0.507. The zero-order chi connectivity index (χ0) is 22.7. The Labute approximate surface area is 183 Å². The number of nitrogens with zero attached hydrogens (tertiary/aromatic N) is 2. The van der Waals surface area contributed by atoms with Crippen LogP contribution in [0.5, 0.6) is 11.5 Å². The van der Waals surface area contributed by atoms with E-state index in [0.717, 1.165) is 4.57 Å². The number of fused-ring (bicyclic) bond motifs is 1. The molecule has 1 amide bonds. The van der Waals surface area contributed by atoms with Gasteiger partial charge in [0.05, 0.1) is 30.8 Å². The van der Waals surface area contributed by atoms with Gasteiger partial charge in [-0.05, 0) is 36.4 Å². The van der Waals surface area contributed by atoms with E-state index in [2.05, 4.69) is 5.32 Å². The van der Waals surface area contributed by atoms with Crippen LogP contribution in [-0.4, -0.2) is 29.3 Å². The third-order valence-corrected chi connectivity index (χ3v) is 5.03. The second kappa shape index (κ2) is 8.81. The van der Waals surface area contributed by atoms with Crippen LogP contribution in [0.25, 0.3) is 16.6 Å². The molecule has 1 aromatic heterocycles. The normalized spacial score (nSPS) is 10.7. The zero-order valence-corrected chi connectivity index (χ0v) is 17.6. The Bertz CT molecular complexity index is 1410. The Morgan fingerprint density at radius 2 is 1.56 bits per heavy atom. The molecule has 3 aromatic carbocycles. The SMILES string of the molecule is COc1ccc(NC(=O)Cn2c(=O)n(-c3ccccc3)c(=O)c3ccccc32)cc1OC. The molecule has 0 aliphatic rings. The number of carbonyl (C=O) groups excluding carboxylic acids is 1. The molecule has 0 spiro atoms. The fourth-order valence-electron chi connectivity index (χ4n) is 3.54. The molecule has 0 unspecified atom stereocenters. The third kappa shape index (κ3) is 3.85. The maximum absolute atomic E-state index is 13.3. The second-order valence-corrected chi connectivity index (χ2v) is 6.98. The van der Waals surface area contributed by atoms with Crippen LogP contribution in [0.15, 0.2) is 82.4 Å². The van der Waals surface area contributed by atoms with E-state index in [0.29, 0.717) is 33.8 Å². The second-order valence-electron chi connectivity index (χ2n) is 6.98. The minimum Gasteiger partial charge on any atom is -0.493 e. The molecule has 0 saturated heterocycles. The van der Waals surface area contributed by atoms with Crippen LogP contribution in [0.2, 0.25) is 0 Å². The fourth-order valence-corrected chi connectivity index (χ4v) is 3.54. The largest absolute Gasteiger partial charge is 0.493 e. The number of hydrogen-bond acceptors (Lipinski definition) is 5. The van der Waals surface area contributed by atoms with Crippen LogP contribution in [-0.2, 0) is 11.3 Å². The van der Waals surface area contributed by atoms with Gasteiger partial charge in [0.1, 0.15) is 6.54 Å². The molecule has 4 rings (SSSR count). The Hall–Kier alpha value is -4.33. The highest BCUT2D eigenvalue weighted by atomic mass is 16.5. The van der Waals surface area contributed by atoms with Crippen molar-refractivity contribution >= 4 is 22.5 Å². The maximum Gasteiger partial charge on any atom is 0.336 e. The average Bonchev–Trinajstić information content (AvgIpc) is 2.82. The first-order valence-corrected chi connectivity index (χ1v) is 9.85. The van der Waals surface area contributed by atoms with E-state index in [9.17, 15) is 14.4 Å². The van der Waals surface area contributed by atoms with Crippen LogP contribution in [0, 0.1) is 0 Å². The molecule has 32 heavy (non-hydrogen) atoms. The number of carbonyl (C=O) groups is 1. The van der Waals surface area contributed by atoms with Crippen LogP contribution < -0.4 is 26.0 Å². The first-order chi connectivity index (χ1) is 15.5. The molecule has 0 fully saturated rings. The molecule has 1 N–H and O–H groups in total. The van der Waals surface area contributed by atoms with Gasteiger partial charge in [0.2, 0.25) is 5.91 Å². The molecule has 0 atom stereocenters. The zero-order valence-electron chi connectivity index (χ0n) is 17.6. The van der Waals surface area contributed by atoms with Crippen molar-refractivity contribution < 1.29 is 14.3 Å². The fraction of sp³-hybridized carbons (Fsp3) is 0.125. The Morgan fingerprint density at radius 3 is 2.28 bits per heavy atom. The van der Waals surface area contributed by atoms with E-state index in [1.54, 1.807) is 72.8 Å². The van der Waals surface area contributed by atoms with Crippen molar-refractivity contribution in [1.82, 2.24) is 9.13 Å². The number of rotatable bonds is 6. The summed E-state index contributed by atoms with van der Waals surface area (Å²) in [6, 6.07) is 20.3. The van der Waals surface area contributed by atoms with Crippen molar-refractivity contribution in [3.05, 3.63) is 93.6 Å². The molecular weight excluding hydrogens is 410 g/mol. The van der Waals surface area contributed by atoms with Gasteiger partial charge in [-0.2, -0.15) is 0 Å². The summed E-state index contributed by atoms with van der Waals surface area (Å²) >= 11 is 0. The topological polar surface area (TPSA) is 91.6 Å². The Balaban J connectivity index is 1.75. The molecule has 8 heteroatoms. The summed E-state index contributed by atoms with van der Waals surface area (Å²) in [4.78, 5) is 39.2. The predicted molar refractivity (Wildman–Crippen MR) is 122 cm³/mol. The van der Waals surface area contributed by atoms with Gasteiger partial charge in [-0.1, -0.05) is 30.3 Å². The minimum atomic E-state index is -0.595. The summed E-state index contributed by atoms with van der Waals surface area (Å²) in [7, 11) is 3.03. The molecule has 1 heterocycles. The van der Waals surface area contributed by atoms with E-state index in [1.807, 2.05) is 0 Å². The van der Waals surface area contributed by atoms with Crippen molar-refractivity contribution in [2.45, 2.75) is 6.54 Å². The third-order valence-electron chi connectivity index (χ3n) is 5.03. The molecule has 0 saturated carbocycles. The number of benzene rings is 3. The van der Waals surface area contributed by atoms with Gasteiger partial charge in [0.15, 0.2) is 11.5 Å². The number of amides is 1. The highest BCUT2D eigenvalue weighted by Gasteiger charge is 2.17. The predicted octanol–water partition coefficient (Wildman–Crippen LogP) is 2.81. The van der Waals surface area contributed by atoms with E-state index in [1.165, 1.54) is 18.8 Å². The molecular formula is C24H21N3O5. The molecule has 0 aliphatic heterocycles. The highest BCUT2D eigenvalue weighted by molar-refractivity contribution is 5.92. The molecule has 8 nitrogen and oxygen atoms in total. The number of ether oxygens (including phenoxy) is 2. The summed E-state index contributed by atoms with van der Waals surface area (Å²) in [5, 5.41) is 3.10. The lowest BCUT2D eigenvalue weighted by molar-refractivity contribution is -0.116. The van der Waals surface area contributed by atoms with E-state index >= 15 is 0 Å². The van der Waals surface area contributed by atoms with Gasteiger partial charge in [0.25, 0.3) is 5.56 Å².